The maximum atomic E-state index is 13.0. The maximum Gasteiger partial charge on any atom is 0.300 e. The van der Waals surface area contributed by atoms with Gasteiger partial charge in [-0.3, -0.25) is 0 Å². The summed E-state index contributed by atoms with van der Waals surface area (Å²) in [7, 11) is -3.56. The molecule has 1 aliphatic rings. The van der Waals surface area contributed by atoms with Crippen LogP contribution < -0.4 is 5.32 Å². The highest BCUT2D eigenvalue weighted by Gasteiger charge is 2.26. The largest absolute Gasteiger partial charge is 0.423 e. The van der Waals surface area contributed by atoms with Gasteiger partial charge in [0.1, 0.15) is 5.52 Å². The van der Waals surface area contributed by atoms with Crippen molar-refractivity contribution in [2.45, 2.75) is 30.6 Å². The smallest absolute Gasteiger partial charge is 0.300 e. The molecular formula is C19H20ClN3O3S. The molecule has 142 valence electrons. The molecule has 0 amide bonds. The Morgan fingerprint density at radius 2 is 1.78 bits per heavy atom. The standard InChI is InChI=1S/C19H20ClN3O3S/c20-15-10-9-14(27(24,25)23-11-5-1-2-6-12-23)13-17(15)22-19-21-16-7-3-4-8-18(16)26-19/h3-4,7-10,13H,1-2,5-6,11-12H2,(H,21,22). The summed E-state index contributed by atoms with van der Waals surface area (Å²) in [6.45, 7) is 1.11. The maximum absolute atomic E-state index is 13.0. The summed E-state index contributed by atoms with van der Waals surface area (Å²) in [4.78, 5) is 4.56. The molecule has 0 aliphatic carbocycles. The molecule has 3 aromatic rings. The van der Waals surface area contributed by atoms with Gasteiger partial charge in [-0.05, 0) is 43.2 Å². The zero-order valence-corrected chi connectivity index (χ0v) is 16.3. The molecule has 6 nitrogen and oxygen atoms in total. The summed E-state index contributed by atoms with van der Waals surface area (Å²) >= 11 is 6.27. The average molecular weight is 406 g/mol. The third kappa shape index (κ3) is 3.81. The zero-order chi connectivity index (χ0) is 18.9. The summed E-state index contributed by atoms with van der Waals surface area (Å²) < 4.78 is 33.2. The van der Waals surface area contributed by atoms with Crippen LogP contribution in [0.25, 0.3) is 11.1 Å². The van der Waals surface area contributed by atoms with Crippen LogP contribution >= 0.6 is 11.6 Å². The van der Waals surface area contributed by atoms with E-state index in [9.17, 15) is 8.42 Å². The zero-order valence-electron chi connectivity index (χ0n) is 14.7. The molecule has 1 fully saturated rings. The molecule has 0 saturated carbocycles. The molecule has 27 heavy (non-hydrogen) atoms. The fourth-order valence-electron chi connectivity index (χ4n) is 3.23. The number of rotatable bonds is 4. The van der Waals surface area contributed by atoms with Crippen LogP contribution in [0, 0.1) is 0 Å². The number of nitrogens with zero attached hydrogens (tertiary/aromatic N) is 2. The molecule has 0 bridgehead atoms. The van der Waals surface area contributed by atoms with Gasteiger partial charge >= 0.3 is 0 Å². The molecule has 0 atom stereocenters. The van der Waals surface area contributed by atoms with Gasteiger partial charge in [0.2, 0.25) is 10.0 Å². The van der Waals surface area contributed by atoms with Crippen molar-refractivity contribution in [3.8, 4) is 0 Å². The second-order valence-corrected chi connectivity index (χ2v) is 8.92. The van der Waals surface area contributed by atoms with Gasteiger partial charge in [-0.25, -0.2) is 8.42 Å². The van der Waals surface area contributed by atoms with Crippen LogP contribution in [0.15, 0.2) is 51.8 Å². The lowest BCUT2D eigenvalue weighted by Gasteiger charge is -2.20. The van der Waals surface area contributed by atoms with Crippen LogP contribution in [0.2, 0.25) is 5.02 Å². The number of anilines is 2. The second-order valence-electron chi connectivity index (χ2n) is 6.57. The predicted molar refractivity (Wildman–Crippen MR) is 106 cm³/mol. The molecule has 2 heterocycles. The molecule has 0 spiro atoms. The lowest BCUT2D eigenvalue weighted by molar-refractivity contribution is 0.424. The van der Waals surface area contributed by atoms with Crippen LogP contribution in [0.4, 0.5) is 11.7 Å². The van der Waals surface area contributed by atoms with Crippen molar-refractivity contribution in [1.82, 2.24) is 9.29 Å². The number of halogens is 1. The van der Waals surface area contributed by atoms with Crippen molar-refractivity contribution >= 4 is 44.4 Å². The fourth-order valence-corrected chi connectivity index (χ4v) is 4.94. The number of aromatic nitrogens is 1. The highest BCUT2D eigenvalue weighted by Crippen LogP contribution is 2.31. The highest BCUT2D eigenvalue weighted by molar-refractivity contribution is 7.89. The van der Waals surface area contributed by atoms with E-state index in [-0.39, 0.29) is 10.9 Å². The van der Waals surface area contributed by atoms with E-state index in [0.717, 1.165) is 25.7 Å². The Morgan fingerprint density at radius 3 is 2.52 bits per heavy atom. The first kappa shape index (κ1) is 18.3. The first-order valence-electron chi connectivity index (χ1n) is 8.96. The second kappa shape index (κ2) is 7.50. The van der Waals surface area contributed by atoms with Crippen molar-refractivity contribution in [3.63, 3.8) is 0 Å². The summed E-state index contributed by atoms with van der Waals surface area (Å²) in [5.74, 6) is 0. The Bertz CT molecular complexity index is 1020. The Labute approximate surface area is 163 Å². The Morgan fingerprint density at radius 1 is 1.04 bits per heavy atom. The van der Waals surface area contributed by atoms with Gasteiger partial charge in [0.05, 0.1) is 15.6 Å². The first-order valence-corrected chi connectivity index (χ1v) is 10.8. The van der Waals surface area contributed by atoms with Gasteiger partial charge in [-0.2, -0.15) is 9.29 Å². The van der Waals surface area contributed by atoms with E-state index < -0.39 is 10.0 Å². The number of hydrogen-bond donors (Lipinski definition) is 1. The van der Waals surface area contributed by atoms with Gasteiger partial charge in [-0.1, -0.05) is 36.6 Å². The lowest BCUT2D eigenvalue weighted by Crippen LogP contribution is -2.31. The summed E-state index contributed by atoms with van der Waals surface area (Å²) in [6, 6.07) is 12.3. The minimum Gasteiger partial charge on any atom is -0.423 e. The number of fused-ring (bicyclic) bond motifs is 1. The average Bonchev–Trinajstić information content (AvgIpc) is 2.86. The molecule has 0 unspecified atom stereocenters. The molecule has 8 heteroatoms. The van der Waals surface area contributed by atoms with Crippen LogP contribution in [0.1, 0.15) is 25.7 Å². The minimum atomic E-state index is -3.56. The van der Waals surface area contributed by atoms with Gasteiger partial charge in [0, 0.05) is 13.1 Å². The Balaban J connectivity index is 1.64. The van der Waals surface area contributed by atoms with Gasteiger partial charge in [-0.15, -0.1) is 0 Å². The topological polar surface area (TPSA) is 75.4 Å². The number of benzene rings is 2. The van der Waals surface area contributed by atoms with E-state index >= 15 is 0 Å². The molecule has 1 aromatic heterocycles. The van der Waals surface area contributed by atoms with Crippen LogP contribution in [-0.2, 0) is 10.0 Å². The van der Waals surface area contributed by atoms with Gasteiger partial charge in [0.15, 0.2) is 5.58 Å². The first-order chi connectivity index (χ1) is 13.0. The third-order valence-corrected chi connectivity index (χ3v) is 6.90. The third-order valence-electron chi connectivity index (χ3n) is 4.68. The minimum absolute atomic E-state index is 0.215. The van der Waals surface area contributed by atoms with E-state index in [1.807, 2.05) is 24.3 Å². The number of hydrogen-bond acceptors (Lipinski definition) is 5. The molecule has 1 aliphatic heterocycles. The number of oxazole rings is 1. The van der Waals surface area contributed by atoms with E-state index in [4.69, 9.17) is 16.0 Å². The number of sulfonamides is 1. The molecule has 1 N–H and O–H groups in total. The van der Waals surface area contributed by atoms with Crippen molar-refractivity contribution in [3.05, 3.63) is 47.5 Å². The van der Waals surface area contributed by atoms with Crippen LogP contribution in [0.3, 0.4) is 0 Å². The van der Waals surface area contributed by atoms with Crippen molar-refractivity contribution in [2.75, 3.05) is 18.4 Å². The quantitative estimate of drug-likeness (QED) is 0.675. The van der Waals surface area contributed by atoms with Gasteiger partial charge in [0.25, 0.3) is 6.01 Å². The van der Waals surface area contributed by atoms with Crippen molar-refractivity contribution in [2.24, 2.45) is 0 Å². The number of nitrogens with one attached hydrogen (secondary N) is 1. The summed E-state index contributed by atoms with van der Waals surface area (Å²) in [5.41, 5.74) is 1.80. The normalized spacial score (nSPS) is 16.3. The van der Waals surface area contributed by atoms with Gasteiger partial charge < -0.3 is 9.73 Å². The van der Waals surface area contributed by atoms with E-state index in [1.54, 1.807) is 16.4 Å². The monoisotopic (exact) mass is 405 g/mol. The molecule has 2 aromatic carbocycles. The molecule has 0 radical (unpaired) electrons. The van der Waals surface area contributed by atoms with Crippen molar-refractivity contribution in [1.29, 1.82) is 0 Å². The Hall–Kier alpha value is -2.09. The van der Waals surface area contributed by atoms with Crippen LogP contribution in [0.5, 0.6) is 0 Å². The van der Waals surface area contributed by atoms with E-state index in [1.165, 1.54) is 6.07 Å². The van der Waals surface area contributed by atoms with E-state index in [0.29, 0.717) is 34.9 Å². The number of para-hydroxylation sites is 2. The summed E-state index contributed by atoms with van der Waals surface area (Å²) in [5, 5.41) is 3.39. The predicted octanol–water partition coefficient (Wildman–Crippen LogP) is 4.79. The summed E-state index contributed by atoms with van der Waals surface area (Å²) in [6.07, 6.45) is 3.91. The lowest BCUT2D eigenvalue weighted by atomic mass is 10.2. The fraction of sp³-hybridized carbons (Fsp3) is 0.316. The Kier molecular flexibility index (Phi) is 5.08. The molecule has 4 rings (SSSR count). The molecular weight excluding hydrogens is 386 g/mol. The SMILES string of the molecule is O=S(=O)(c1ccc(Cl)c(Nc2nc3ccccc3o2)c1)N1CCCCCC1. The molecule has 1 saturated heterocycles. The highest BCUT2D eigenvalue weighted by atomic mass is 35.5. The van der Waals surface area contributed by atoms with E-state index in [2.05, 4.69) is 10.3 Å². The van der Waals surface area contributed by atoms with Crippen molar-refractivity contribution < 1.29 is 12.8 Å². The van der Waals surface area contributed by atoms with Crippen LogP contribution in [-0.4, -0.2) is 30.8 Å².